The molecule has 188 valence electrons. The van der Waals surface area contributed by atoms with Crippen molar-refractivity contribution in [1.82, 2.24) is 35.4 Å². The molecule has 3 fully saturated rings. The second-order valence-electron chi connectivity index (χ2n) is 9.89. The number of ether oxygens (including phenoxy) is 1. The van der Waals surface area contributed by atoms with Crippen molar-refractivity contribution >= 4 is 17.7 Å². The molecular formula is C22H35N7O5. The van der Waals surface area contributed by atoms with Gasteiger partial charge in [-0.15, -0.1) is 5.10 Å². The van der Waals surface area contributed by atoms with Crippen molar-refractivity contribution in [3.05, 3.63) is 11.9 Å². The van der Waals surface area contributed by atoms with Crippen molar-refractivity contribution in [3.8, 4) is 0 Å². The van der Waals surface area contributed by atoms with Gasteiger partial charge < -0.3 is 25.4 Å². The molecule has 0 saturated carbocycles. The zero-order chi connectivity index (χ0) is 24.6. The Morgan fingerprint density at radius 2 is 1.94 bits per heavy atom. The van der Waals surface area contributed by atoms with Gasteiger partial charge in [0.05, 0.1) is 43.5 Å². The van der Waals surface area contributed by atoms with E-state index in [1.165, 1.54) is 0 Å². The van der Waals surface area contributed by atoms with E-state index in [2.05, 4.69) is 25.8 Å². The molecule has 2 bridgehead atoms. The number of aliphatic hydroxyl groups is 1. The van der Waals surface area contributed by atoms with Crippen LogP contribution in [0.3, 0.4) is 0 Å². The highest BCUT2D eigenvalue weighted by atomic mass is 16.5. The molecule has 0 spiro atoms. The van der Waals surface area contributed by atoms with Crippen LogP contribution in [0, 0.1) is 0 Å². The molecule has 12 heteroatoms. The van der Waals surface area contributed by atoms with Gasteiger partial charge in [-0.2, -0.15) is 0 Å². The Labute approximate surface area is 199 Å². The van der Waals surface area contributed by atoms with Gasteiger partial charge >= 0.3 is 0 Å². The number of amides is 3. The minimum atomic E-state index is -1.03. The molecule has 4 heterocycles. The molecule has 0 radical (unpaired) electrons. The summed E-state index contributed by atoms with van der Waals surface area (Å²) < 4.78 is 6.82. The monoisotopic (exact) mass is 477 g/mol. The highest BCUT2D eigenvalue weighted by Gasteiger charge is 2.47. The van der Waals surface area contributed by atoms with Gasteiger partial charge in [0.1, 0.15) is 11.7 Å². The van der Waals surface area contributed by atoms with Gasteiger partial charge in [0.25, 0.3) is 0 Å². The van der Waals surface area contributed by atoms with Crippen molar-refractivity contribution in [2.24, 2.45) is 0 Å². The van der Waals surface area contributed by atoms with Gasteiger partial charge in [-0.05, 0) is 27.2 Å². The summed E-state index contributed by atoms with van der Waals surface area (Å²) in [5.74, 6) is -0.754. The summed E-state index contributed by atoms with van der Waals surface area (Å²) in [6, 6.07) is -2.11. The van der Waals surface area contributed by atoms with E-state index in [0.717, 1.165) is 0 Å². The number of fused-ring (bicyclic) bond motifs is 3. The van der Waals surface area contributed by atoms with Crippen molar-refractivity contribution in [2.75, 3.05) is 20.2 Å². The quantitative estimate of drug-likeness (QED) is 0.491. The van der Waals surface area contributed by atoms with Crippen LogP contribution in [-0.2, 0) is 25.7 Å². The average Bonchev–Trinajstić information content (AvgIpc) is 3.50. The van der Waals surface area contributed by atoms with E-state index in [1.807, 2.05) is 13.8 Å². The first-order chi connectivity index (χ1) is 16.2. The summed E-state index contributed by atoms with van der Waals surface area (Å²) in [5, 5.41) is 24.6. The predicted octanol–water partition coefficient (Wildman–Crippen LogP) is -1.20. The molecule has 3 aliphatic rings. The van der Waals surface area contributed by atoms with Gasteiger partial charge in [-0.3, -0.25) is 19.3 Å². The zero-order valence-electron chi connectivity index (χ0n) is 20.2. The van der Waals surface area contributed by atoms with Crippen LogP contribution in [0.1, 0.15) is 51.8 Å². The van der Waals surface area contributed by atoms with E-state index in [-0.39, 0.29) is 42.3 Å². The van der Waals surface area contributed by atoms with Crippen LogP contribution < -0.4 is 10.6 Å². The molecular weight excluding hydrogens is 442 g/mol. The number of nitrogens with one attached hydrogen (secondary N) is 2. The summed E-state index contributed by atoms with van der Waals surface area (Å²) >= 11 is 0. The number of likely N-dealkylation sites (tertiary alicyclic amines) is 1. The molecule has 3 amide bonds. The van der Waals surface area contributed by atoms with E-state index in [9.17, 15) is 19.5 Å². The predicted molar refractivity (Wildman–Crippen MR) is 120 cm³/mol. The lowest BCUT2D eigenvalue weighted by Crippen LogP contribution is -2.55. The molecule has 1 aromatic rings. The van der Waals surface area contributed by atoms with Crippen molar-refractivity contribution < 1.29 is 24.2 Å². The van der Waals surface area contributed by atoms with Crippen LogP contribution >= 0.6 is 0 Å². The number of hydrogen-bond donors (Lipinski definition) is 3. The summed E-state index contributed by atoms with van der Waals surface area (Å²) in [6.45, 7) is 6.89. The number of aliphatic hydroxyl groups excluding tert-OH is 1. The molecule has 34 heavy (non-hydrogen) atoms. The first kappa shape index (κ1) is 24.6. The van der Waals surface area contributed by atoms with Gasteiger partial charge in [0, 0.05) is 38.7 Å². The minimum absolute atomic E-state index is 0.0898. The maximum atomic E-state index is 13.8. The largest absolute Gasteiger partial charge is 0.390 e. The minimum Gasteiger partial charge on any atom is -0.390 e. The SMILES string of the molecule is COCc1cn([C@H]2C[C@H]3C(=O)N[C@@H](C)[C@@H](O)CC(=O)N[C@H]4C[C@@H](C(=O)N3C2)N(C(C)C)C4)nn1. The third-order valence-electron chi connectivity index (χ3n) is 7.08. The van der Waals surface area contributed by atoms with Crippen LogP contribution in [0.15, 0.2) is 6.20 Å². The fourth-order valence-electron chi connectivity index (χ4n) is 5.24. The maximum Gasteiger partial charge on any atom is 0.243 e. The second kappa shape index (κ2) is 9.96. The van der Waals surface area contributed by atoms with Crippen LogP contribution in [0.2, 0.25) is 0 Å². The first-order valence-corrected chi connectivity index (χ1v) is 11.9. The summed E-state index contributed by atoms with van der Waals surface area (Å²) in [6.07, 6.45) is 1.48. The Morgan fingerprint density at radius 1 is 1.18 bits per heavy atom. The standard InChI is InChI=1S/C22H35N7O5/c1-12(2)27-8-14-5-18(27)22(33)28-10-16(29-9-15(11-34-4)25-26-29)6-17(28)21(32)23-13(3)19(30)7-20(31)24-14/h9,12-14,16-19,30H,5-8,10-11H2,1-4H3,(H,23,32)(H,24,31)/t13-,14-,16-,17-,18-,19-/m0/s1. The molecule has 3 N–H and O–H groups in total. The smallest absolute Gasteiger partial charge is 0.243 e. The fourth-order valence-corrected chi connectivity index (χ4v) is 5.24. The number of hydrogen-bond acceptors (Lipinski definition) is 8. The molecule has 0 aliphatic carbocycles. The summed E-state index contributed by atoms with van der Waals surface area (Å²) in [4.78, 5) is 43.3. The summed E-state index contributed by atoms with van der Waals surface area (Å²) in [7, 11) is 1.58. The highest BCUT2D eigenvalue weighted by Crippen LogP contribution is 2.31. The molecule has 1 aromatic heterocycles. The Bertz CT molecular complexity index is 921. The van der Waals surface area contributed by atoms with Crippen molar-refractivity contribution in [3.63, 3.8) is 0 Å². The molecule has 6 atom stereocenters. The molecule has 3 saturated heterocycles. The Balaban J connectivity index is 1.64. The number of rotatable bonds is 4. The van der Waals surface area contributed by atoms with E-state index in [0.29, 0.717) is 38.2 Å². The Hall–Kier alpha value is -2.57. The first-order valence-electron chi connectivity index (χ1n) is 11.9. The second-order valence-corrected chi connectivity index (χ2v) is 9.89. The van der Waals surface area contributed by atoms with Gasteiger partial charge in [-0.25, -0.2) is 4.68 Å². The van der Waals surface area contributed by atoms with E-state index < -0.39 is 24.2 Å². The highest BCUT2D eigenvalue weighted by molar-refractivity contribution is 5.91. The number of carbonyl (C=O) groups is 3. The van der Waals surface area contributed by atoms with Crippen molar-refractivity contribution in [1.29, 1.82) is 0 Å². The molecule has 12 nitrogen and oxygen atoms in total. The van der Waals surface area contributed by atoms with Crippen molar-refractivity contribution in [2.45, 2.75) is 89.0 Å². The van der Waals surface area contributed by atoms with Gasteiger partial charge in [0.2, 0.25) is 17.7 Å². The third-order valence-corrected chi connectivity index (χ3v) is 7.08. The average molecular weight is 478 g/mol. The maximum absolute atomic E-state index is 13.8. The van der Waals surface area contributed by atoms with E-state index in [4.69, 9.17) is 4.74 Å². The van der Waals surface area contributed by atoms with Crippen LogP contribution in [0.5, 0.6) is 0 Å². The molecule has 4 rings (SSSR count). The normalized spacial score (nSPS) is 33.2. The number of methoxy groups -OCH3 is 1. The molecule has 0 unspecified atom stereocenters. The lowest BCUT2D eigenvalue weighted by Gasteiger charge is -2.33. The molecule has 3 aliphatic heterocycles. The third kappa shape index (κ3) is 4.93. The Morgan fingerprint density at radius 3 is 2.65 bits per heavy atom. The lowest BCUT2D eigenvalue weighted by molar-refractivity contribution is -0.142. The Kier molecular flexibility index (Phi) is 7.20. The van der Waals surface area contributed by atoms with Crippen LogP contribution in [0.4, 0.5) is 0 Å². The molecule has 0 aromatic carbocycles. The van der Waals surface area contributed by atoms with Crippen LogP contribution in [-0.4, -0.2) is 104 Å². The lowest BCUT2D eigenvalue weighted by atomic mass is 10.1. The van der Waals surface area contributed by atoms with Crippen LogP contribution in [0.25, 0.3) is 0 Å². The zero-order valence-corrected chi connectivity index (χ0v) is 20.2. The number of nitrogens with zero attached hydrogens (tertiary/aromatic N) is 5. The topological polar surface area (TPSA) is 142 Å². The van der Waals surface area contributed by atoms with Gasteiger partial charge in [-0.1, -0.05) is 5.21 Å². The summed E-state index contributed by atoms with van der Waals surface area (Å²) in [5.41, 5.74) is 0.674. The number of carbonyl (C=O) groups excluding carboxylic acids is 3. The van der Waals surface area contributed by atoms with Gasteiger partial charge in [0.15, 0.2) is 0 Å². The number of aromatic nitrogens is 3. The van der Waals surface area contributed by atoms with E-state index >= 15 is 0 Å². The van der Waals surface area contributed by atoms with E-state index in [1.54, 1.807) is 29.8 Å². The fraction of sp³-hybridized carbons (Fsp3) is 0.773.